The van der Waals surface area contributed by atoms with Crippen LogP contribution in [0.4, 0.5) is 0 Å². The van der Waals surface area contributed by atoms with Gasteiger partial charge < -0.3 is 4.57 Å². The van der Waals surface area contributed by atoms with Crippen molar-refractivity contribution < 1.29 is 0 Å². The first-order valence-corrected chi connectivity index (χ1v) is 10.2. The zero-order valence-corrected chi connectivity index (χ0v) is 17.3. The SMILES string of the molecule is C=CC1=C(C=C)c2cc3c(cc2C1)c(/C=C\C)c(C)c1c2ccccc2n(C)c31. The summed E-state index contributed by atoms with van der Waals surface area (Å²) >= 11 is 0. The zero-order valence-electron chi connectivity index (χ0n) is 17.3. The number of benzene rings is 3. The van der Waals surface area contributed by atoms with E-state index in [1.54, 1.807) is 0 Å². The summed E-state index contributed by atoms with van der Waals surface area (Å²) in [4.78, 5) is 0. The molecule has 0 fully saturated rings. The van der Waals surface area contributed by atoms with Crippen molar-refractivity contribution in [3.05, 3.63) is 95.6 Å². The molecule has 0 bridgehead atoms. The summed E-state index contributed by atoms with van der Waals surface area (Å²) in [7, 11) is 2.19. The highest BCUT2D eigenvalue weighted by Crippen LogP contribution is 2.43. The van der Waals surface area contributed by atoms with Crippen LogP contribution in [0.5, 0.6) is 0 Å². The quantitative estimate of drug-likeness (QED) is 0.349. The highest BCUT2D eigenvalue weighted by atomic mass is 14.9. The van der Waals surface area contributed by atoms with Gasteiger partial charge in [-0.2, -0.15) is 0 Å². The Bertz CT molecular complexity index is 1420. The van der Waals surface area contributed by atoms with Gasteiger partial charge in [0.05, 0.1) is 5.52 Å². The Kier molecular flexibility index (Phi) is 3.89. The Hall–Kier alpha value is -3.32. The van der Waals surface area contributed by atoms with Crippen molar-refractivity contribution in [1.29, 1.82) is 0 Å². The van der Waals surface area contributed by atoms with Crippen LogP contribution in [0.25, 0.3) is 44.2 Å². The van der Waals surface area contributed by atoms with Crippen molar-refractivity contribution in [3.63, 3.8) is 0 Å². The smallest absolute Gasteiger partial charge is 0.0571 e. The van der Waals surface area contributed by atoms with Crippen LogP contribution in [0.1, 0.15) is 29.2 Å². The fraction of sp³-hybridized carbons (Fsp3) is 0.143. The van der Waals surface area contributed by atoms with Crippen LogP contribution in [-0.4, -0.2) is 4.57 Å². The molecule has 0 N–H and O–H groups in total. The van der Waals surface area contributed by atoms with Gasteiger partial charge in [-0.05, 0) is 77.3 Å². The van der Waals surface area contributed by atoms with Crippen LogP contribution in [0.15, 0.2) is 73.4 Å². The first-order valence-electron chi connectivity index (χ1n) is 10.2. The van der Waals surface area contributed by atoms with E-state index in [1.807, 2.05) is 12.2 Å². The van der Waals surface area contributed by atoms with E-state index in [2.05, 4.69) is 87.2 Å². The molecule has 0 amide bonds. The summed E-state index contributed by atoms with van der Waals surface area (Å²) < 4.78 is 2.35. The van der Waals surface area contributed by atoms with E-state index in [4.69, 9.17) is 0 Å². The van der Waals surface area contributed by atoms with Crippen molar-refractivity contribution in [1.82, 2.24) is 4.57 Å². The number of allylic oxidation sites excluding steroid dienone is 5. The summed E-state index contributed by atoms with van der Waals surface area (Å²) in [6.45, 7) is 12.5. The van der Waals surface area contributed by atoms with Gasteiger partial charge in [-0.15, -0.1) is 0 Å². The number of hydrogen-bond donors (Lipinski definition) is 0. The van der Waals surface area contributed by atoms with Crippen molar-refractivity contribution in [2.45, 2.75) is 20.3 Å². The van der Waals surface area contributed by atoms with Gasteiger partial charge in [0.2, 0.25) is 0 Å². The Balaban J connectivity index is 2.05. The summed E-state index contributed by atoms with van der Waals surface area (Å²) in [6.07, 6.45) is 9.29. The number of aryl methyl sites for hydroxylation is 2. The molecule has 0 atom stereocenters. The lowest BCUT2D eigenvalue weighted by Gasteiger charge is -2.14. The second-order valence-electron chi connectivity index (χ2n) is 7.92. The molecule has 1 heterocycles. The predicted octanol–water partition coefficient (Wildman–Crippen LogP) is 7.51. The van der Waals surface area contributed by atoms with Gasteiger partial charge in [0.15, 0.2) is 0 Å². The number of rotatable bonds is 3. The van der Waals surface area contributed by atoms with Gasteiger partial charge in [0.1, 0.15) is 0 Å². The first kappa shape index (κ1) is 17.8. The molecule has 142 valence electrons. The average molecular weight is 376 g/mol. The second-order valence-corrected chi connectivity index (χ2v) is 7.92. The molecule has 1 aromatic heterocycles. The third kappa shape index (κ3) is 2.28. The molecule has 4 aromatic rings. The molecular formula is C28H25N. The van der Waals surface area contributed by atoms with Crippen molar-refractivity contribution in [3.8, 4) is 0 Å². The Morgan fingerprint density at radius 2 is 1.79 bits per heavy atom. The van der Waals surface area contributed by atoms with E-state index in [1.165, 1.54) is 66.0 Å². The third-order valence-corrected chi connectivity index (χ3v) is 6.48. The van der Waals surface area contributed by atoms with E-state index in [-0.39, 0.29) is 0 Å². The minimum absolute atomic E-state index is 0.928. The summed E-state index contributed by atoms with van der Waals surface area (Å²) in [5.74, 6) is 0. The molecular weight excluding hydrogens is 350 g/mol. The summed E-state index contributed by atoms with van der Waals surface area (Å²) in [5.41, 5.74) is 10.4. The van der Waals surface area contributed by atoms with Gasteiger partial charge in [0, 0.05) is 28.7 Å². The molecule has 1 heteroatoms. The van der Waals surface area contributed by atoms with Crippen molar-refractivity contribution in [2.24, 2.45) is 7.05 Å². The van der Waals surface area contributed by atoms with Crippen LogP contribution in [0, 0.1) is 6.92 Å². The summed E-state index contributed by atoms with van der Waals surface area (Å²) in [6, 6.07) is 13.5. The standard InChI is InChI=1S/C28H25N/c1-6-11-21-17(4)27-22-12-9-10-13-26(22)29(5)28(27)25-16-23-19(15-24(21)25)14-18(7-2)20(23)8-3/h6-13,15-16H,2-3,14H2,1,4-5H3/b11-6-. The summed E-state index contributed by atoms with van der Waals surface area (Å²) in [5, 5.41) is 5.31. The number of fused-ring (bicyclic) bond motifs is 6. The first-order chi connectivity index (χ1) is 14.1. The number of nitrogens with zero attached hydrogens (tertiary/aromatic N) is 1. The van der Waals surface area contributed by atoms with Gasteiger partial charge in [-0.1, -0.05) is 55.7 Å². The fourth-order valence-corrected chi connectivity index (χ4v) is 5.16. The zero-order chi connectivity index (χ0) is 20.3. The van der Waals surface area contributed by atoms with Crippen LogP contribution in [0.2, 0.25) is 0 Å². The van der Waals surface area contributed by atoms with E-state index in [0.29, 0.717) is 0 Å². The van der Waals surface area contributed by atoms with Gasteiger partial charge in [0.25, 0.3) is 0 Å². The van der Waals surface area contributed by atoms with E-state index >= 15 is 0 Å². The number of hydrogen-bond acceptors (Lipinski definition) is 0. The number of aromatic nitrogens is 1. The monoisotopic (exact) mass is 375 g/mol. The molecule has 0 spiro atoms. The highest BCUT2D eigenvalue weighted by molar-refractivity contribution is 6.21. The Morgan fingerprint density at radius 1 is 1.00 bits per heavy atom. The van der Waals surface area contributed by atoms with Gasteiger partial charge in [-0.3, -0.25) is 0 Å². The van der Waals surface area contributed by atoms with E-state index in [0.717, 1.165) is 6.42 Å². The van der Waals surface area contributed by atoms with Crippen molar-refractivity contribution in [2.75, 3.05) is 0 Å². The maximum atomic E-state index is 4.07. The lowest BCUT2D eigenvalue weighted by molar-refractivity contribution is 1.02. The van der Waals surface area contributed by atoms with Crippen LogP contribution < -0.4 is 0 Å². The lowest BCUT2D eigenvalue weighted by Crippen LogP contribution is -1.95. The van der Waals surface area contributed by atoms with Crippen molar-refractivity contribution >= 4 is 44.2 Å². The van der Waals surface area contributed by atoms with Crippen LogP contribution in [0.3, 0.4) is 0 Å². The predicted molar refractivity (Wildman–Crippen MR) is 128 cm³/mol. The van der Waals surface area contributed by atoms with Crippen LogP contribution in [-0.2, 0) is 13.5 Å². The average Bonchev–Trinajstić information content (AvgIpc) is 3.24. The molecule has 0 radical (unpaired) electrons. The molecule has 0 unspecified atom stereocenters. The molecule has 1 nitrogen and oxygen atoms in total. The normalized spacial score (nSPS) is 13.9. The maximum absolute atomic E-state index is 4.07. The highest BCUT2D eigenvalue weighted by Gasteiger charge is 2.23. The Morgan fingerprint density at radius 3 is 2.52 bits per heavy atom. The van der Waals surface area contributed by atoms with E-state index in [9.17, 15) is 0 Å². The molecule has 0 saturated heterocycles. The second kappa shape index (κ2) is 6.35. The lowest BCUT2D eigenvalue weighted by atomic mass is 9.91. The van der Waals surface area contributed by atoms with Crippen LogP contribution >= 0.6 is 0 Å². The molecule has 29 heavy (non-hydrogen) atoms. The van der Waals surface area contributed by atoms with Gasteiger partial charge >= 0.3 is 0 Å². The topological polar surface area (TPSA) is 4.93 Å². The maximum Gasteiger partial charge on any atom is 0.0571 e. The third-order valence-electron chi connectivity index (χ3n) is 6.48. The van der Waals surface area contributed by atoms with Gasteiger partial charge in [-0.25, -0.2) is 0 Å². The minimum Gasteiger partial charge on any atom is -0.343 e. The Labute approximate surface area is 172 Å². The fourth-order valence-electron chi connectivity index (χ4n) is 5.16. The molecule has 5 rings (SSSR count). The molecule has 1 aliphatic carbocycles. The minimum atomic E-state index is 0.928. The molecule has 0 aliphatic heterocycles. The number of para-hydroxylation sites is 1. The molecule has 1 aliphatic rings. The largest absolute Gasteiger partial charge is 0.343 e. The molecule has 0 saturated carbocycles. The van der Waals surface area contributed by atoms with E-state index < -0.39 is 0 Å². The molecule has 3 aromatic carbocycles.